The summed E-state index contributed by atoms with van der Waals surface area (Å²) in [6, 6.07) is 15.0. The Morgan fingerprint density at radius 3 is 2.72 bits per heavy atom. The van der Waals surface area contributed by atoms with Gasteiger partial charge in [-0.25, -0.2) is 4.98 Å². The smallest absolute Gasteiger partial charge is 0.275 e. The highest BCUT2D eigenvalue weighted by molar-refractivity contribution is 7.09. The number of benzene rings is 2. The number of anilines is 1. The van der Waals surface area contributed by atoms with Crippen LogP contribution < -0.4 is 14.8 Å². The molecule has 6 heteroatoms. The first kappa shape index (κ1) is 17.0. The molecule has 1 aromatic heterocycles. The summed E-state index contributed by atoms with van der Waals surface area (Å²) in [7, 11) is 1.59. The molecule has 128 valence electrons. The van der Waals surface area contributed by atoms with Gasteiger partial charge in [-0.3, -0.25) is 4.79 Å². The first-order valence-corrected chi connectivity index (χ1v) is 8.61. The zero-order valence-corrected chi connectivity index (χ0v) is 14.8. The van der Waals surface area contributed by atoms with E-state index in [0.29, 0.717) is 23.7 Å². The molecule has 0 fully saturated rings. The first-order chi connectivity index (χ1) is 12.1. The fourth-order valence-corrected chi connectivity index (χ4v) is 2.84. The molecular weight excluding hydrogens is 336 g/mol. The molecule has 5 nitrogen and oxygen atoms in total. The van der Waals surface area contributed by atoms with Crippen LogP contribution in [0.25, 0.3) is 0 Å². The van der Waals surface area contributed by atoms with Gasteiger partial charge in [-0.15, -0.1) is 11.3 Å². The van der Waals surface area contributed by atoms with Crippen molar-refractivity contribution in [3.05, 3.63) is 70.2 Å². The Morgan fingerprint density at radius 1 is 1.16 bits per heavy atom. The molecule has 0 saturated carbocycles. The fourth-order valence-electron chi connectivity index (χ4n) is 2.16. The van der Waals surface area contributed by atoms with E-state index in [1.54, 1.807) is 24.6 Å². The van der Waals surface area contributed by atoms with Crippen LogP contribution in [0, 0.1) is 6.92 Å². The number of ether oxygens (including phenoxy) is 2. The monoisotopic (exact) mass is 354 g/mol. The summed E-state index contributed by atoms with van der Waals surface area (Å²) in [6.07, 6.45) is 0. The number of methoxy groups -OCH3 is 1. The molecule has 3 aromatic rings. The minimum atomic E-state index is -0.258. The highest BCUT2D eigenvalue weighted by Gasteiger charge is 2.12. The summed E-state index contributed by atoms with van der Waals surface area (Å²) in [5.74, 6) is 1.21. The number of nitrogens with zero attached hydrogens (tertiary/aromatic N) is 1. The van der Waals surface area contributed by atoms with Crippen LogP contribution in [0.15, 0.2) is 53.9 Å². The van der Waals surface area contributed by atoms with E-state index < -0.39 is 0 Å². The Labute approximate surface area is 150 Å². The highest BCUT2D eigenvalue weighted by Crippen LogP contribution is 2.19. The van der Waals surface area contributed by atoms with Crippen LogP contribution in [-0.2, 0) is 6.61 Å². The summed E-state index contributed by atoms with van der Waals surface area (Å²) in [5.41, 5.74) is 2.21. The van der Waals surface area contributed by atoms with Crippen LogP contribution in [0.1, 0.15) is 21.1 Å². The molecule has 1 amide bonds. The van der Waals surface area contributed by atoms with Gasteiger partial charge in [0.2, 0.25) is 0 Å². The standard InChI is InChI=1S/C19H18N2O3S/c1-13-6-8-15(9-7-13)24-11-18-21-17(12-25-18)19(22)20-14-4-3-5-16(10-14)23-2/h3-10,12H,11H2,1-2H3,(H,20,22). The lowest BCUT2D eigenvalue weighted by Gasteiger charge is -2.05. The number of nitrogens with one attached hydrogen (secondary N) is 1. The number of rotatable bonds is 6. The maximum atomic E-state index is 12.3. The molecule has 1 N–H and O–H groups in total. The molecular formula is C19H18N2O3S. The van der Waals surface area contributed by atoms with Gasteiger partial charge in [0.15, 0.2) is 0 Å². The van der Waals surface area contributed by atoms with Gasteiger partial charge in [-0.1, -0.05) is 23.8 Å². The van der Waals surface area contributed by atoms with Crippen LogP contribution in [0.3, 0.4) is 0 Å². The van der Waals surface area contributed by atoms with Gasteiger partial charge in [-0.2, -0.15) is 0 Å². The number of carbonyl (C=O) groups excluding carboxylic acids is 1. The third kappa shape index (κ3) is 4.58. The number of hydrogen-bond acceptors (Lipinski definition) is 5. The van der Waals surface area contributed by atoms with Crippen LogP contribution >= 0.6 is 11.3 Å². The lowest BCUT2D eigenvalue weighted by atomic mass is 10.2. The Kier molecular flexibility index (Phi) is 5.30. The van der Waals surface area contributed by atoms with Crippen molar-refractivity contribution in [2.45, 2.75) is 13.5 Å². The number of aromatic nitrogens is 1. The zero-order valence-electron chi connectivity index (χ0n) is 14.0. The molecule has 0 bridgehead atoms. The first-order valence-electron chi connectivity index (χ1n) is 7.73. The van der Waals surface area contributed by atoms with Crippen LogP contribution in [-0.4, -0.2) is 18.0 Å². The van der Waals surface area contributed by atoms with Gasteiger partial charge in [0.25, 0.3) is 5.91 Å². The Hall–Kier alpha value is -2.86. The van der Waals surface area contributed by atoms with E-state index in [1.165, 1.54) is 16.9 Å². The quantitative estimate of drug-likeness (QED) is 0.717. The highest BCUT2D eigenvalue weighted by atomic mass is 32.1. The molecule has 0 unspecified atom stereocenters. The van der Waals surface area contributed by atoms with Gasteiger partial charge in [-0.05, 0) is 31.2 Å². The Bertz CT molecular complexity index is 859. The van der Waals surface area contributed by atoms with Crippen molar-refractivity contribution >= 4 is 22.9 Å². The second kappa shape index (κ2) is 7.81. The summed E-state index contributed by atoms with van der Waals surface area (Å²) in [4.78, 5) is 16.6. The number of amides is 1. The number of thiazole rings is 1. The molecule has 0 aliphatic carbocycles. The van der Waals surface area contributed by atoms with Gasteiger partial charge < -0.3 is 14.8 Å². The van der Waals surface area contributed by atoms with Crippen molar-refractivity contribution in [1.29, 1.82) is 0 Å². The molecule has 25 heavy (non-hydrogen) atoms. The average Bonchev–Trinajstić information content (AvgIpc) is 3.10. The predicted molar refractivity (Wildman–Crippen MR) is 98.6 cm³/mol. The predicted octanol–water partition coefficient (Wildman–Crippen LogP) is 4.29. The van der Waals surface area contributed by atoms with E-state index >= 15 is 0 Å². The van der Waals surface area contributed by atoms with Crippen molar-refractivity contribution in [1.82, 2.24) is 4.98 Å². The molecule has 0 saturated heterocycles. The lowest BCUT2D eigenvalue weighted by Crippen LogP contribution is -2.12. The van der Waals surface area contributed by atoms with Gasteiger partial charge in [0.05, 0.1) is 7.11 Å². The van der Waals surface area contributed by atoms with E-state index in [2.05, 4.69) is 10.3 Å². The topological polar surface area (TPSA) is 60.5 Å². The van der Waals surface area contributed by atoms with Crippen molar-refractivity contribution in [3.63, 3.8) is 0 Å². The fraction of sp³-hybridized carbons (Fsp3) is 0.158. The largest absolute Gasteiger partial charge is 0.497 e. The minimum Gasteiger partial charge on any atom is -0.497 e. The summed E-state index contributed by atoms with van der Waals surface area (Å²) < 4.78 is 10.8. The maximum Gasteiger partial charge on any atom is 0.275 e. The van der Waals surface area contributed by atoms with Crippen LogP contribution in [0.4, 0.5) is 5.69 Å². The molecule has 0 aliphatic rings. The van der Waals surface area contributed by atoms with Crippen molar-refractivity contribution in [2.24, 2.45) is 0 Å². The van der Waals surface area contributed by atoms with Crippen LogP contribution in [0.5, 0.6) is 11.5 Å². The summed E-state index contributed by atoms with van der Waals surface area (Å²) in [6.45, 7) is 2.36. The number of aryl methyl sites for hydroxylation is 1. The van der Waals surface area contributed by atoms with Gasteiger partial charge in [0, 0.05) is 17.1 Å². The lowest BCUT2D eigenvalue weighted by molar-refractivity contribution is 0.102. The number of hydrogen-bond donors (Lipinski definition) is 1. The van der Waals surface area contributed by atoms with E-state index in [1.807, 2.05) is 43.3 Å². The van der Waals surface area contributed by atoms with Crippen LogP contribution in [0.2, 0.25) is 0 Å². The van der Waals surface area contributed by atoms with E-state index in [-0.39, 0.29) is 5.91 Å². The van der Waals surface area contributed by atoms with E-state index in [9.17, 15) is 4.79 Å². The molecule has 1 heterocycles. The SMILES string of the molecule is COc1cccc(NC(=O)c2csc(COc3ccc(C)cc3)n2)c1. The van der Waals surface area contributed by atoms with Crippen molar-refractivity contribution in [3.8, 4) is 11.5 Å². The van der Waals surface area contributed by atoms with Crippen molar-refractivity contribution in [2.75, 3.05) is 12.4 Å². The Balaban J connectivity index is 1.60. The van der Waals surface area contributed by atoms with E-state index in [0.717, 1.165) is 10.8 Å². The maximum absolute atomic E-state index is 12.3. The third-order valence-electron chi connectivity index (χ3n) is 3.50. The zero-order chi connectivity index (χ0) is 17.6. The molecule has 2 aromatic carbocycles. The second-order valence-electron chi connectivity index (χ2n) is 5.41. The normalized spacial score (nSPS) is 10.3. The molecule has 0 atom stereocenters. The third-order valence-corrected chi connectivity index (χ3v) is 4.32. The van der Waals surface area contributed by atoms with Gasteiger partial charge in [0.1, 0.15) is 28.8 Å². The Morgan fingerprint density at radius 2 is 1.96 bits per heavy atom. The number of carbonyl (C=O) groups is 1. The second-order valence-corrected chi connectivity index (χ2v) is 6.36. The summed E-state index contributed by atoms with van der Waals surface area (Å²) in [5, 5.41) is 5.28. The molecule has 0 radical (unpaired) electrons. The van der Waals surface area contributed by atoms with Gasteiger partial charge >= 0.3 is 0 Å². The van der Waals surface area contributed by atoms with Crippen molar-refractivity contribution < 1.29 is 14.3 Å². The molecule has 0 aliphatic heterocycles. The molecule has 0 spiro atoms. The average molecular weight is 354 g/mol. The minimum absolute atomic E-state index is 0.258. The molecule has 3 rings (SSSR count). The summed E-state index contributed by atoms with van der Waals surface area (Å²) >= 11 is 1.40. The van der Waals surface area contributed by atoms with E-state index in [4.69, 9.17) is 9.47 Å².